The Balaban J connectivity index is 2.80. The zero-order valence-corrected chi connectivity index (χ0v) is 10.7. The molecule has 1 amide bonds. The molecule has 0 atom stereocenters. The van der Waals surface area contributed by atoms with Crippen LogP contribution < -0.4 is 11.2 Å². The normalized spacial score (nSPS) is 11.1. The van der Waals surface area contributed by atoms with E-state index in [2.05, 4.69) is 10.2 Å². The van der Waals surface area contributed by atoms with E-state index in [4.69, 9.17) is 10.6 Å². The fraction of sp³-hybridized carbons (Fsp3) is 0.417. The largest absolute Gasteiger partial charge is 0.508 e. The minimum Gasteiger partial charge on any atom is -0.508 e. The van der Waals surface area contributed by atoms with E-state index in [1.165, 1.54) is 12.1 Å². The van der Waals surface area contributed by atoms with Crippen molar-refractivity contribution < 1.29 is 19.5 Å². The van der Waals surface area contributed by atoms with Crippen LogP contribution in [0.2, 0.25) is 0 Å². The molecular weight excluding hydrogens is 236 g/mol. The lowest BCUT2D eigenvalue weighted by molar-refractivity contribution is 0.0635. The molecular formula is C12H18N2O4. The van der Waals surface area contributed by atoms with Crippen LogP contribution >= 0.6 is 0 Å². The third-order valence-electron chi connectivity index (χ3n) is 1.96. The van der Waals surface area contributed by atoms with Crippen LogP contribution in [-0.2, 0) is 16.2 Å². The maximum atomic E-state index is 11.6. The van der Waals surface area contributed by atoms with Gasteiger partial charge in [-0.1, -0.05) is 0 Å². The maximum Gasteiger partial charge on any atom is 0.412 e. The molecule has 0 aliphatic carbocycles. The summed E-state index contributed by atoms with van der Waals surface area (Å²) in [6.07, 6.45) is -0.577. The van der Waals surface area contributed by atoms with E-state index in [0.717, 1.165) is 0 Å². The van der Waals surface area contributed by atoms with E-state index >= 15 is 0 Å². The molecule has 1 rings (SSSR count). The monoisotopic (exact) mass is 254 g/mol. The number of nitrogens with two attached hydrogens (primary N) is 1. The predicted octanol–water partition coefficient (Wildman–Crippen LogP) is 2.13. The summed E-state index contributed by atoms with van der Waals surface area (Å²) in [4.78, 5) is 16.1. The number of amides is 1. The van der Waals surface area contributed by atoms with E-state index in [1.54, 1.807) is 26.8 Å². The van der Waals surface area contributed by atoms with Crippen LogP contribution in [0.4, 0.5) is 10.5 Å². The number of rotatable bonds is 3. The van der Waals surface area contributed by atoms with Gasteiger partial charge in [0.1, 0.15) is 11.4 Å². The van der Waals surface area contributed by atoms with Crippen LogP contribution in [0.1, 0.15) is 26.3 Å². The Morgan fingerprint density at radius 3 is 2.67 bits per heavy atom. The van der Waals surface area contributed by atoms with E-state index in [1.807, 2.05) is 0 Å². The van der Waals surface area contributed by atoms with Crippen molar-refractivity contribution in [2.24, 2.45) is 5.90 Å². The number of ether oxygens (including phenoxy) is 1. The summed E-state index contributed by atoms with van der Waals surface area (Å²) in [6, 6.07) is 4.46. The maximum absolute atomic E-state index is 11.6. The zero-order chi connectivity index (χ0) is 13.8. The number of nitrogens with one attached hydrogen (secondary N) is 1. The highest BCUT2D eigenvalue weighted by Gasteiger charge is 2.17. The van der Waals surface area contributed by atoms with Gasteiger partial charge in [0.15, 0.2) is 0 Å². The molecule has 4 N–H and O–H groups in total. The Morgan fingerprint density at radius 1 is 1.44 bits per heavy atom. The smallest absolute Gasteiger partial charge is 0.412 e. The third kappa shape index (κ3) is 4.60. The second kappa shape index (κ2) is 5.70. The molecule has 0 radical (unpaired) electrons. The van der Waals surface area contributed by atoms with Crippen molar-refractivity contribution in [3.8, 4) is 5.75 Å². The van der Waals surface area contributed by atoms with Gasteiger partial charge in [-0.25, -0.2) is 10.7 Å². The molecule has 18 heavy (non-hydrogen) atoms. The molecule has 6 nitrogen and oxygen atoms in total. The van der Waals surface area contributed by atoms with Crippen molar-refractivity contribution in [1.82, 2.24) is 0 Å². The SMILES string of the molecule is CC(C)(C)OC(=O)Nc1ccc(O)cc1CON. The van der Waals surface area contributed by atoms with Gasteiger partial charge in [-0.3, -0.25) is 10.2 Å². The average molecular weight is 254 g/mol. The van der Waals surface area contributed by atoms with Crippen molar-refractivity contribution >= 4 is 11.8 Å². The first kappa shape index (κ1) is 14.3. The molecule has 0 aromatic heterocycles. The van der Waals surface area contributed by atoms with E-state index in [-0.39, 0.29) is 12.4 Å². The first-order chi connectivity index (χ1) is 8.31. The predicted molar refractivity (Wildman–Crippen MR) is 66.9 cm³/mol. The van der Waals surface area contributed by atoms with Crippen LogP contribution in [0.15, 0.2) is 18.2 Å². The van der Waals surface area contributed by atoms with Crippen LogP contribution in [0.3, 0.4) is 0 Å². The summed E-state index contributed by atoms with van der Waals surface area (Å²) in [7, 11) is 0. The van der Waals surface area contributed by atoms with Crippen molar-refractivity contribution in [1.29, 1.82) is 0 Å². The Hall–Kier alpha value is -1.79. The number of benzene rings is 1. The minimum atomic E-state index is -0.578. The number of anilines is 1. The van der Waals surface area contributed by atoms with E-state index in [0.29, 0.717) is 11.3 Å². The molecule has 0 aliphatic heterocycles. The van der Waals surface area contributed by atoms with Gasteiger partial charge in [0, 0.05) is 11.3 Å². The molecule has 100 valence electrons. The summed E-state index contributed by atoms with van der Waals surface area (Å²) in [5, 5.41) is 11.9. The summed E-state index contributed by atoms with van der Waals surface area (Å²) < 4.78 is 5.12. The van der Waals surface area contributed by atoms with Crippen LogP contribution in [-0.4, -0.2) is 16.8 Å². The molecule has 0 saturated carbocycles. The topological polar surface area (TPSA) is 93.8 Å². The highest BCUT2D eigenvalue weighted by Crippen LogP contribution is 2.22. The van der Waals surface area contributed by atoms with Gasteiger partial charge in [-0.15, -0.1) is 0 Å². The Labute approximate surface area is 106 Å². The van der Waals surface area contributed by atoms with Gasteiger partial charge in [0.25, 0.3) is 0 Å². The molecule has 1 aromatic rings. The van der Waals surface area contributed by atoms with Gasteiger partial charge in [-0.2, -0.15) is 0 Å². The summed E-state index contributed by atoms with van der Waals surface area (Å²) in [5.41, 5.74) is 0.460. The number of aromatic hydroxyl groups is 1. The lowest BCUT2D eigenvalue weighted by Crippen LogP contribution is -2.27. The Kier molecular flexibility index (Phi) is 4.52. The molecule has 0 bridgehead atoms. The molecule has 0 heterocycles. The number of carbonyl (C=O) groups is 1. The highest BCUT2D eigenvalue weighted by atomic mass is 16.6. The lowest BCUT2D eigenvalue weighted by Gasteiger charge is -2.20. The second-order valence-electron chi connectivity index (χ2n) is 4.78. The van der Waals surface area contributed by atoms with E-state index in [9.17, 15) is 9.90 Å². The second-order valence-corrected chi connectivity index (χ2v) is 4.78. The number of hydrogen-bond acceptors (Lipinski definition) is 5. The minimum absolute atomic E-state index is 0.0665. The average Bonchev–Trinajstić information content (AvgIpc) is 2.20. The number of hydrogen-bond donors (Lipinski definition) is 3. The number of carbonyl (C=O) groups excluding carboxylic acids is 1. The van der Waals surface area contributed by atoms with Crippen molar-refractivity contribution in [3.05, 3.63) is 23.8 Å². The van der Waals surface area contributed by atoms with Gasteiger partial charge >= 0.3 is 6.09 Å². The van der Waals surface area contributed by atoms with Gasteiger partial charge < -0.3 is 9.84 Å². The molecule has 0 aliphatic rings. The van der Waals surface area contributed by atoms with Gasteiger partial charge in [0.2, 0.25) is 0 Å². The van der Waals surface area contributed by atoms with Crippen LogP contribution in [0.5, 0.6) is 5.75 Å². The summed E-state index contributed by atoms with van der Waals surface area (Å²) in [6.45, 7) is 5.38. The Morgan fingerprint density at radius 2 is 2.11 bits per heavy atom. The summed E-state index contributed by atoms with van der Waals surface area (Å²) in [5.74, 6) is 5.05. The van der Waals surface area contributed by atoms with Crippen LogP contribution in [0.25, 0.3) is 0 Å². The lowest BCUT2D eigenvalue weighted by atomic mass is 10.2. The first-order valence-corrected chi connectivity index (χ1v) is 5.45. The van der Waals surface area contributed by atoms with Gasteiger partial charge in [0.05, 0.1) is 6.61 Å². The molecule has 0 fully saturated rings. The molecule has 0 spiro atoms. The third-order valence-corrected chi connectivity index (χ3v) is 1.96. The number of phenolic OH excluding ortho intramolecular Hbond substituents is 1. The van der Waals surface area contributed by atoms with E-state index < -0.39 is 11.7 Å². The molecule has 0 saturated heterocycles. The molecule has 1 aromatic carbocycles. The fourth-order valence-corrected chi connectivity index (χ4v) is 1.32. The quantitative estimate of drug-likeness (QED) is 0.567. The zero-order valence-electron chi connectivity index (χ0n) is 10.7. The molecule has 6 heteroatoms. The van der Waals surface area contributed by atoms with Crippen molar-refractivity contribution in [2.45, 2.75) is 33.0 Å². The number of phenols is 1. The highest BCUT2D eigenvalue weighted by molar-refractivity contribution is 5.86. The first-order valence-electron chi connectivity index (χ1n) is 5.45. The van der Waals surface area contributed by atoms with Gasteiger partial charge in [-0.05, 0) is 39.0 Å². The fourth-order valence-electron chi connectivity index (χ4n) is 1.32. The van der Waals surface area contributed by atoms with Crippen molar-refractivity contribution in [2.75, 3.05) is 5.32 Å². The Bertz CT molecular complexity index is 427. The summed E-state index contributed by atoms with van der Waals surface area (Å²) >= 11 is 0. The van der Waals surface area contributed by atoms with Crippen molar-refractivity contribution in [3.63, 3.8) is 0 Å². The molecule has 0 unspecified atom stereocenters. The standard InChI is InChI=1S/C12H18N2O4/c1-12(2,3)18-11(16)14-10-5-4-9(15)6-8(10)7-17-13/h4-6,15H,7,13H2,1-3H3,(H,14,16). The van der Waals surface area contributed by atoms with Crippen LogP contribution in [0, 0.1) is 0 Å².